The van der Waals surface area contributed by atoms with Gasteiger partial charge in [-0.2, -0.15) is 5.10 Å². The lowest BCUT2D eigenvalue weighted by Gasteiger charge is -2.24. The predicted octanol–water partition coefficient (Wildman–Crippen LogP) is 4.01. The van der Waals surface area contributed by atoms with E-state index in [-0.39, 0.29) is 5.91 Å². The molecule has 114 valence electrons. The molecule has 1 amide bonds. The molecule has 0 aromatic carbocycles. The molecule has 0 saturated heterocycles. The van der Waals surface area contributed by atoms with Gasteiger partial charge in [-0.25, -0.2) is 0 Å². The van der Waals surface area contributed by atoms with Gasteiger partial charge in [-0.15, -0.1) is 23.1 Å². The average Bonchev–Trinajstić information content (AvgIpc) is 2.98. The first-order chi connectivity index (χ1) is 9.79. The van der Waals surface area contributed by atoms with Crippen LogP contribution in [0.4, 0.5) is 5.82 Å². The molecule has 2 heterocycles. The molecule has 0 aliphatic heterocycles. The minimum absolute atomic E-state index is 0.00179. The molecule has 0 unspecified atom stereocenters. The third kappa shape index (κ3) is 3.89. The maximum Gasteiger partial charge on any atom is 0.241 e. The minimum atomic E-state index is -0.471. The molecule has 0 saturated carbocycles. The molecule has 2 rings (SSSR count). The lowest BCUT2D eigenvalue weighted by Crippen LogP contribution is -2.35. The second kappa shape index (κ2) is 6.23. The van der Waals surface area contributed by atoms with E-state index in [2.05, 4.69) is 24.3 Å². The molecule has 0 aliphatic rings. The van der Waals surface area contributed by atoms with Gasteiger partial charge in [-0.3, -0.25) is 9.48 Å². The number of aryl methyl sites for hydroxylation is 1. The van der Waals surface area contributed by atoms with Crippen LogP contribution in [-0.2, 0) is 11.8 Å². The Morgan fingerprint density at radius 1 is 1.48 bits per heavy atom. The van der Waals surface area contributed by atoms with Crippen molar-refractivity contribution >= 4 is 34.8 Å². The van der Waals surface area contributed by atoms with E-state index in [1.165, 1.54) is 0 Å². The van der Waals surface area contributed by atoms with E-state index in [0.29, 0.717) is 5.25 Å². The Morgan fingerprint density at radius 3 is 2.76 bits per heavy atom. The molecule has 0 radical (unpaired) electrons. The van der Waals surface area contributed by atoms with Crippen LogP contribution in [0.5, 0.6) is 0 Å². The number of carbonyl (C=O) groups excluding carboxylic acids is 1. The second-order valence-electron chi connectivity index (χ2n) is 5.65. The Labute approximate surface area is 133 Å². The first-order valence-electron chi connectivity index (χ1n) is 6.87. The number of hydrogen-bond donors (Lipinski definition) is 1. The van der Waals surface area contributed by atoms with Crippen LogP contribution < -0.4 is 5.32 Å². The van der Waals surface area contributed by atoms with E-state index in [4.69, 9.17) is 0 Å². The SMILES string of the molecule is CC(C)SC(C)(C)C(=O)Nc1cc(-c2cccs2)nn1C. The number of carbonyl (C=O) groups is 1. The van der Waals surface area contributed by atoms with Gasteiger partial charge in [-0.1, -0.05) is 19.9 Å². The van der Waals surface area contributed by atoms with E-state index in [9.17, 15) is 4.79 Å². The maximum atomic E-state index is 12.4. The van der Waals surface area contributed by atoms with Crippen LogP contribution in [0.1, 0.15) is 27.7 Å². The summed E-state index contributed by atoms with van der Waals surface area (Å²) in [4.78, 5) is 13.5. The third-order valence-corrected chi connectivity index (χ3v) is 5.11. The van der Waals surface area contributed by atoms with Crippen molar-refractivity contribution in [1.29, 1.82) is 0 Å². The Bertz CT molecular complexity index is 615. The molecule has 0 atom stereocenters. The Morgan fingerprint density at radius 2 is 2.19 bits per heavy atom. The lowest BCUT2D eigenvalue weighted by atomic mass is 10.2. The summed E-state index contributed by atoms with van der Waals surface area (Å²) < 4.78 is 1.24. The molecule has 0 aliphatic carbocycles. The zero-order chi connectivity index (χ0) is 15.6. The van der Waals surface area contributed by atoms with Crippen molar-refractivity contribution in [1.82, 2.24) is 9.78 Å². The Kier molecular flexibility index (Phi) is 4.78. The Hall–Kier alpha value is -1.27. The average molecular weight is 323 g/mol. The van der Waals surface area contributed by atoms with Crippen molar-refractivity contribution in [2.45, 2.75) is 37.7 Å². The standard InChI is InChI=1S/C15H21N3OS2/c1-10(2)21-15(3,4)14(19)16-13-9-11(17-18(13)5)12-7-6-8-20-12/h6-10H,1-5H3,(H,16,19). The summed E-state index contributed by atoms with van der Waals surface area (Å²) in [5.41, 5.74) is 0.886. The fourth-order valence-electron chi connectivity index (χ4n) is 2.04. The summed E-state index contributed by atoms with van der Waals surface area (Å²) in [6.45, 7) is 8.09. The van der Waals surface area contributed by atoms with Crippen LogP contribution in [0.2, 0.25) is 0 Å². The van der Waals surface area contributed by atoms with E-state index < -0.39 is 4.75 Å². The molecule has 6 heteroatoms. The van der Waals surface area contributed by atoms with Gasteiger partial charge in [0, 0.05) is 18.4 Å². The number of nitrogens with zero attached hydrogens (tertiary/aromatic N) is 2. The highest BCUT2D eigenvalue weighted by atomic mass is 32.2. The van der Waals surface area contributed by atoms with Gasteiger partial charge < -0.3 is 5.32 Å². The summed E-state index contributed by atoms with van der Waals surface area (Å²) in [6, 6.07) is 5.94. The molecule has 4 nitrogen and oxygen atoms in total. The topological polar surface area (TPSA) is 46.9 Å². The van der Waals surface area contributed by atoms with Gasteiger partial charge in [0.2, 0.25) is 5.91 Å². The molecular formula is C15H21N3OS2. The molecule has 2 aromatic heterocycles. The summed E-state index contributed by atoms with van der Waals surface area (Å²) in [6.07, 6.45) is 0. The molecule has 1 N–H and O–H groups in total. The molecule has 2 aromatic rings. The summed E-state index contributed by atoms with van der Waals surface area (Å²) >= 11 is 3.29. The van der Waals surface area contributed by atoms with Crippen LogP contribution in [0.3, 0.4) is 0 Å². The van der Waals surface area contributed by atoms with Crippen molar-refractivity contribution in [3.63, 3.8) is 0 Å². The lowest BCUT2D eigenvalue weighted by molar-refractivity contribution is -0.117. The number of nitrogens with one attached hydrogen (secondary N) is 1. The summed E-state index contributed by atoms with van der Waals surface area (Å²) in [7, 11) is 1.84. The van der Waals surface area contributed by atoms with Gasteiger partial charge in [-0.05, 0) is 25.3 Å². The minimum Gasteiger partial charge on any atom is -0.310 e. The van der Waals surface area contributed by atoms with Crippen LogP contribution in [-0.4, -0.2) is 25.7 Å². The molecule has 21 heavy (non-hydrogen) atoms. The number of amides is 1. The third-order valence-electron chi connectivity index (χ3n) is 2.97. The monoisotopic (exact) mass is 323 g/mol. The number of hydrogen-bond acceptors (Lipinski definition) is 4. The number of rotatable bonds is 5. The van der Waals surface area contributed by atoms with Crippen LogP contribution >= 0.6 is 23.1 Å². The first-order valence-corrected chi connectivity index (χ1v) is 8.62. The number of anilines is 1. The Balaban J connectivity index is 2.15. The number of thiophene rings is 1. The molecule has 0 fully saturated rings. The fourth-order valence-corrected chi connectivity index (χ4v) is 4.06. The quantitative estimate of drug-likeness (QED) is 0.904. The highest BCUT2D eigenvalue weighted by Crippen LogP contribution is 2.31. The van der Waals surface area contributed by atoms with Gasteiger partial charge in [0.05, 0.1) is 9.62 Å². The van der Waals surface area contributed by atoms with E-state index >= 15 is 0 Å². The zero-order valence-electron chi connectivity index (χ0n) is 13.0. The molecule has 0 bridgehead atoms. The van der Waals surface area contributed by atoms with Crippen molar-refractivity contribution in [2.24, 2.45) is 7.05 Å². The number of thioether (sulfide) groups is 1. The first kappa shape index (κ1) is 16.1. The highest BCUT2D eigenvalue weighted by Gasteiger charge is 2.30. The van der Waals surface area contributed by atoms with E-state index in [1.807, 2.05) is 44.5 Å². The van der Waals surface area contributed by atoms with Gasteiger partial charge >= 0.3 is 0 Å². The maximum absolute atomic E-state index is 12.4. The second-order valence-corrected chi connectivity index (χ2v) is 8.79. The largest absolute Gasteiger partial charge is 0.310 e. The van der Waals surface area contributed by atoms with Gasteiger partial charge in [0.15, 0.2) is 0 Å². The van der Waals surface area contributed by atoms with Crippen LogP contribution in [0, 0.1) is 0 Å². The molecule has 0 spiro atoms. The summed E-state index contributed by atoms with van der Waals surface area (Å²) in [5, 5.41) is 9.86. The van der Waals surface area contributed by atoms with Gasteiger partial charge in [0.25, 0.3) is 0 Å². The van der Waals surface area contributed by atoms with Crippen molar-refractivity contribution in [3.05, 3.63) is 23.6 Å². The van der Waals surface area contributed by atoms with E-state index in [1.54, 1.807) is 27.8 Å². The number of aromatic nitrogens is 2. The van der Waals surface area contributed by atoms with Crippen molar-refractivity contribution < 1.29 is 4.79 Å². The summed E-state index contributed by atoms with van der Waals surface area (Å²) in [5.74, 6) is 0.725. The van der Waals surface area contributed by atoms with E-state index in [0.717, 1.165) is 16.4 Å². The molecular weight excluding hydrogens is 302 g/mol. The predicted molar refractivity (Wildman–Crippen MR) is 92.0 cm³/mol. The van der Waals surface area contributed by atoms with Gasteiger partial charge in [0.1, 0.15) is 11.5 Å². The zero-order valence-corrected chi connectivity index (χ0v) is 14.6. The smallest absolute Gasteiger partial charge is 0.241 e. The normalized spacial score (nSPS) is 11.9. The van der Waals surface area contributed by atoms with Crippen molar-refractivity contribution in [3.8, 4) is 10.6 Å². The fraction of sp³-hybridized carbons (Fsp3) is 0.467. The van der Waals surface area contributed by atoms with Crippen LogP contribution in [0.15, 0.2) is 23.6 Å². The highest BCUT2D eigenvalue weighted by molar-refractivity contribution is 8.01. The van der Waals surface area contributed by atoms with Crippen LogP contribution in [0.25, 0.3) is 10.6 Å². The van der Waals surface area contributed by atoms with Crippen molar-refractivity contribution in [2.75, 3.05) is 5.32 Å².